The fourth-order valence-electron chi connectivity index (χ4n) is 2.75. The molecular weight excluding hydrogens is 434 g/mol. The zero-order valence-electron chi connectivity index (χ0n) is 15.2. The first kappa shape index (κ1) is 20.1. The Morgan fingerprint density at radius 1 is 1.44 bits per heavy atom. The quantitative estimate of drug-likeness (QED) is 0.618. The molecule has 2 aromatic heterocycles. The van der Waals surface area contributed by atoms with Crippen molar-refractivity contribution in [2.75, 3.05) is 0 Å². The lowest BCUT2D eigenvalue weighted by Crippen LogP contribution is -2.27. The molecule has 0 bridgehead atoms. The van der Waals surface area contributed by atoms with Crippen LogP contribution in [0.2, 0.25) is 0 Å². The third kappa shape index (κ3) is 4.81. The Morgan fingerprint density at radius 2 is 2.22 bits per heavy atom. The summed E-state index contributed by atoms with van der Waals surface area (Å²) >= 11 is 5.13. The van der Waals surface area contributed by atoms with Crippen molar-refractivity contribution in [2.24, 2.45) is 0 Å². The zero-order chi connectivity index (χ0) is 19.6. The van der Waals surface area contributed by atoms with Crippen LogP contribution in [-0.4, -0.2) is 32.1 Å². The molecule has 1 aliphatic heterocycles. The van der Waals surface area contributed by atoms with Crippen LogP contribution >= 0.6 is 27.3 Å². The molecule has 0 saturated carbocycles. The van der Waals surface area contributed by atoms with Crippen LogP contribution in [0.3, 0.4) is 0 Å². The van der Waals surface area contributed by atoms with E-state index in [1.807, 2.05) is 24.7 Å². The van der Waals surface area contributed by atoms with Gasteiger partial charge in [0.25, 0.3) is 0 Å². The second-order valence-electron chi connectivity index (χ2n) is 6.09. The molecule has 27 heavy (non-hydrogen) atoms. The first-order chi connectivity index (χ1) is 12.9. The van der Waals surface area contributed by atoms with Crippen molar-refractivity contribution in [1.29, 1.82) is 0 Å². The molecule has 0 aliphatic carbocycles. The number of nitrogens with zero attached hydrogens (tertiary/aromatic N) is 4. The number of hydrogen-bond donors (Lipinski definition) is 1. The van der Waals surface area contributed by atoms with E-state index >= 15 is 0 Å². The minimum atomic E-state index is -0.893. The maximum atomic E-state index is 12.7. The maximum absolute atomic E-state index is 12.7. The van der Waals surface area contributed by atoms with Gasteiger partial charge >= 0.3 is 7.12 Å². The molecule has 0 unspecified atom stereocenters. The fraction of sp³-hybridized carbons (Fsp3) is 0.353. The third-order valence-corrected chi connectivity index (χ3v) is 5.98. The molecule has 4 rings (SSSR count). The number of rotatable bonds is 3. The van der Waals surface area contributed by atoms with E-state index in [4.69, 9.17) is 4.65 Å². The summed E-state index contributed by atoms with van der Waals surface area (Å²) in [6.45, 7) is 6.69. The minimum absolute atomic E-state index is 0.217. The topological polar surface area (TPSA) is 73.1 Å². The molecule has 1 aromatic carbocycles. The van der Waals surface area contributed by atoms with Crippen LogP contribution in [0.25, 0.3) is 0 Å². The Morgan fingerprint density at radius 3 is 2.85 bits per heavy atom. The molecule has 3 aromatic rings. The van der Waals surface area contributed by atoms with Gasteiger partial charge in [0.15, 0.2) is 0 Å². The molecule has 3 heterocycles. The number of halogens is 2. The van der Waals surface area contributed by atoms with Crippen LogP contribution in [0.15, 0.2) is 29.0 Å². The van der Waals surface area contributed by atoms with Crippen molar-refractivity contribution in [3.63, 3.8) is 0 Å². The highest BCUT2D eigenvalue weighted by molar-refractivity contribution is 9.10. The largest absolute Gasteiger partial charge is 0.491 e. The fourth-order valence-corrected chi connectivity index (χ4v) is 4.36. The van der Waals surface area contributed by atoms with E-state index in [1.54, 1.807) is 24.3 Å². The second-order valence-corrected chi connectivity index (χ2v) is 8.13. The molecule has 1 aliphatic rings. The van der Waals surface area contributed by atoms with Gasteiger partial charge in [0.05, 0.1) is 16.8 Å². The van der Waals surface area contributed by atoms with Gasteiger partial charge in [0.2, 0.25) is 0 Å². The monoisotopic (exact) mass is 452 g/mol. The lowest BCUT2D eigenvalue weighted by molar-refractivity contribution is 0.208. The van der Waals surface area contributed by atoms with Gasteiger partial charge in [-0.3, -0.25) is 4.68 Å². The van der Waals surface area contributed by atoms with Crippen molar-refractivity contribution in [3.05, 3.63) is 56.0 Å². The Bertz CT molecular complexity index is 936. The molecule has 1 N–H and O–H groups in total. The van der Waals surface area contributed by atoms with E-state index in [-0.39, 0.29) is 11.9 Å². The van der Waals surface area contributed by atoms with Gasteiger partial charge < -0.3 is 9.68 Å². The zero-order valence-corrected chi connectivity index (χ0v) is 17.6. The van der Waals surface area contributed by atoms with Crippen molar-refractivity contribution in [3.8, 4) is 0 Å². The maximum Gasteiger partial charge on any atom is 0.491 e. The first-order valence-electron chi connectivity index (χ1n) is 8.51. The lowest BCUT2D eigenvalue weighted by atomic mass is 9.79. The third-order valence-electron chi connectivity index (χ3n) is 4.09. The van der Waals surface area contributed by atoms with Crippen molar-refractivity contribution < 1.29 is 14.1 Å². The predicted molar refractivity (Wildman–Crippen MR) is 107 cm³/mol. The Labute approximate surface area is 169 Å². The summed E-state index contributed by atoms with van der Waals surface area (Å²) in [5, 5.41) is 18.5. The van der Waals surface area contributed by atoms with Crippen molar-refractivity contribution in [2.45, 2.75) is 39.8 Å². The van der Waals surface area contributed by atoms with Gasteiger partial charge in [-0.25, -0.2) is 9.37 Å². The SMILES string of the molecule is CCn1cc(Cc2sc(C)nc2Br)nn1.C[C@H]1OB(O)c2ccc(F)cc21. The summed E-state index contributed by atoms with van der Waals surface area (Å²) in [6.07, 6.45) is 2.55. The van der Waals surface area contributed by atoms with E-state index in [0.717, 1.165) is 33.8 Å². The minimum Gasteiger partial charge on any atom is -0.423 e. The predicted octanol–water partition coefficient (Wildman–Crippen LogP) is 3.02. The van der Waals surface area contributed by atoms with Crippen LogP contribution in [0.5, 0.6) is 0 Å². The summed E-state index contributed by atoms with van der Waals surface area (Å²) in [5.74, 6) is -0.293. The molecule has 142 valence electrons. The summed E-state index contributed by atoms with van der Waals surface area (Å²) < 4.78 is 20.6. The normalized spacial score (nSPS) is 15.5. The number of fused-ring (bicyclic) bond motifs is 1. The average molecular weight is 453 g/mol. The number of aryl methyl sites for hydroxylation is 2. The standard InChI is InChI=1S/C9H11BrN4S.C8H8BFO2/c1-3-14-5-7(12-13-14)4-8-9(10)11-6(2)15-8;1-5-7-4-6(10)2-3-8(7)9(11)12-5/h5H,3-4H2,1-2H3;2-5,11H,1H3/t;5-/m.1/s1. The highest BCUT2D eigenvalue weighted by atomic mass is 79.9. The van der Waals surface area contributed by atoms with Gasteiger partial charge in [0.1, 0.15) is 10.4 Å². The van der Waals surface area contributed by atoms with Gasteiger partial charge in [0, 0.05) is 24.0 Å². The van der Waals surface area contributed by atoms with Crippen molar-refractivity contribution >= 4 is 39.8 Å². The second kappa shape index (κ2) is 8.60. The molecular formula is C17H19BBrFN4O2S. The number of benzene rings is 1. The summed E-state index contributed by atoms with van der Waals surface area (Å²) in [7, 11) is -0.893. The molecule has 1 atom stereocenters. The van der Waals surface area contributed by atoms with Gasteiger partial charge in [-0.2, -0.15) is 0 Å². The van der Waals surface area contributed by atoms with Gasteiger partial charge in [-0.1, -0.05) is 11.3 Å². The highest BCUT2D eigenvalue weighted by Gasteiger charge is 2.32. The highest BCUT2D eigenvalue weighted by Crippen LogP contribution is 2.25. The van der Waals surface area contributed by atoms with Crippen LogP contribution in [-0.2, 0) is 17.6 Å². The van der Waals surface area contributed by atoms with E-state index in [0.29, 0.717) is 5.46 Å². The molecule has 0 fully saturated rings. The van der Waals surface area contributed by atoms with Crippen LogP contribution < -0.4 is 5.46 Å². The summed E-state index contributed by atoms with van der Waals surface area (Å²) in [6, 6.07) is 4.28. The van der Waals surface area contributed by atoms with Crippen LogP contribution in [0.4, 0.5) is 4.39 Å². The summed E-state index contributed by atoms with van der Waals surface area (Å²) in [4.78, 5) is 5.52. The van der Waals surface area contributed by atoms with Crippen LogP contribution in [0.1, 0.15) is 41.1 Å². The number of aromatic nitrogens is 4. The van der Waals surface area contributed by atoms with Gasteiger partial charge in [-0.15, -0.1) is 16.4 Å². The van der Waals surface area contributed by atoms with E-state index in [1.165, 1.54) is 17.0 Å². The molecule has 6 nitrogen and oxygen atoms in total. The molecule has 10 heteroatoms. The van der Waals surface area contributed by atoms with E-state index in [9.17, 15) is 9.41 Å². The first-order valence-corrected chi connectivity index (χ1v) is 10.1. The number of hydrogen-bond acceptors (Lipinski definition) is 6. The average Bonchev–Trinajstić information content (AvgIpc) is 3.28. The van der Waals surface area contributed by atoms with Crippen molar-refractivity contribution in [1.82, 2.24) is 20.0 Å². The van der Waals surface area contributed by atoms with E-state index in [2.05, 4.69) is 31.2 Å². The van der Waals surface area contributed by atoms with Crippen LogP contribution in [0, 0.1) is 12.7 Å². The Hall–Kier alpha value is -1.62. The molecule has 0 saturated heterocycles. The number of thiazole rings is 1. The Kier molecular flexibility index (Phi) is 6.41. The van der Waals surface area contributed by atoms with E-state index < -0.39 is 7.12 Å². The Balaban J connectivity index is 0.000000159. The molecule has 0 amide bonds. The molecule has 0 spiro atoms. The summed E-state index contributed by atoms with van der Waals surface area (Å²) in [5.41, 5.74) is 2.40. The molecule has 0 radical (unpaired) electrons. The lowest BCUT2D eigenvalue weighted by Gasteiger charge is -2.02. The van der Waals surface area contributed by atoms with Gasteiger partial charge in [-0.05, 0) is 59.9 Å². The smallest absolute Gasteiger partial charge is 0.423 e.